The SMILES string of the molecule is C=CCNC(=O)c1cc(C)nc2c(Cl)cccc12. The lowest BCUT2D eigenvalue weighted by molar-refractivity contribution is 0.0959. The summed E-state index contributed by atoms with van der Waals surface area (Å²) in [4.78, 5) is 16.4. The van der Waals surface area contributed by atoms with E-state index in [1.807, 2.05) is 19.1 Å². The normalized spacial score (nSPS) is 10.3. The van der Waals surface area contributed by atoms with E-state index < -0.39 is 0 Å². The van der Waals surface area contributed by atoms with Crippen LogP contribution in [0.4, 0.5) is 0 Å². The van der Waals surface area contributed by atoms with Crippen LogP contribution in [-0.4, -0.2) is 17.4 Å². The fourth-order valence-corrected chi connectivity index (χ4v) is 2.01. The Kier molecular flexibility index (Phi) is 3.63. The van der Waals surface area contributed by atoms with Gasteiger partial charge in [-0.1, -0.05) is 29.8 Å². The molecule has 0 aliphatic heterocycles. The van der Waals surface area contributed by atoms with Gasteiger partial charge in [-0.15, -0.1) is 6.58 Å². The number of nitrogens with one attached hydrogen (secondary N) is 1. The minimum atomic E-state index is -0.146. The predicted octanol–water partition coefficient (Wildman–Crippen LogP) is 3.11. The number of hydrogen-bond donors (Lipinski definition) is 1. The van der Waals surface area contributed by atoms with Crippen LogP contribution in [-0.2, 0) is 0 Å². The van der Waals surface area contributed by atoms with Crippen molar-refractivity contribution in [3.05, 3.63) is 53.2 Å². The highest BCUT2D eigenvalue weighted by molar-refractivity contribution is 6.35. The number of para-hydroxylation sites is 1. The van der Waals surface area contributed by atoms with Crippen LogP contribution in [0.1, 0.15) is 16.1 Å². The van der Waals surface area contributed by atoms with Crippen molar-refractivity contribution >= 4 is 28.4 Å². The third-order valence-electron chi connectivity index (χ3n) is 2.57. The van der Waals surface area contributed by atoms with Gasteiger partial charge in [0.25, 0.3) is 5.91 Å². The highest BCUT2D eigenvalue weighted by atomic mass is 35.5. The smallest absolute Gasteiger partial charge is 0.252 e. The molecule has 1 amide bonds. The maximum atomic E-state index is 12.1. The standard InChI is InChI=1S/C14H13ClN2O/c1-3-7-16-14(18)11-8-9(2)17-13-10(11)5-4-6-12(13)15/h3-6,8H,1,7H2,2H3,(H,16,18). The molecule has 0 fully saturated rings. The molecule has 0 radical (unpaired) electrons. The van der Waals surface area contributed by atoms with E-state index in [0.29, 0.717) is 22.6 Å². The fraction of sp³-hybridized carbons (Fsp3) is 0.143. The fourth-order valence-electron chi connectivity index (χ4n) is 1.79. The van der Waals surface area contributed by atoms with E-state index in [4.69, 9.17) is 11.6 Å². The molecule has 0 saturated carbocycles. The van der Waals surface area contributed by atoms with E-state index in [0.717, 1.165) is 11.1 Å². The molecule has 0 unspecified atom stereocenters. The molecule has 0 aliphatic rings. The summed E-state index contributed by atoms with van der Waals surface area (Å²) < 4.78 is 0. The number of benzene rings is 1. The van der Waals surface area contributed by atoms with Crippen molar-refractivity contribution in [2.45, 2.75) is 6.92 Å². The first kappa shape index (κ1) is 12.6. The molecule has 0 aliphatic carbocycles. The van der Waals surface area contributed by atoms with Crippen LogP contribution < -0.4 is 5.32 Å². The van der Waals surface area contributed by atoms with Crippen LogP contribution in [0, 0.1) is 6.92 Å². The summed E-state index contributed by atoms with van der Waals surface area (Å²) in [7, 11) is 0. The topological polar surface area (TPSA) is 42.0 Å². The van der Waals surface area contributed by atoms with Gasteiger partial charge in [0.05, 0.1) is 16.1 Å². The second kappa shape index (κ2) is 5.19. The Balaban J connectivity index is 2.59. The first-order chi connectivity index (χ1) is 8.63. The lowest BCUT2D eigenvalue weighted by atomic mass is 10.1. The van der Waals surface area contributed by atoms with Gasteiger partial charge in [0.15, 0.2) is 0 Å². The van der Waals surface area contributed by atoms with Gasteiger partial charge in [0.1, 0.15) is 0 Å². The molecule has 2 rings (SSSR count). The quantitative estimate of drug-likeness (QED) is 0.862. The van der Waals surface area contributed by atoms with Crippen molar-refractivity contribution in [1.29, 1.82) is 0 Å². The van der Waals surface area contributed by atoms with Crippen molar-refractivity contribution < 1.29 is 4.79 Å². The molecule has 4 heteroatoms. The van der Waals surface area contributed by atoms with E-state index in [2.05, 4.69) is 16.9 Å². The minimum Gasteiger partial charge on any atom is -0.349 e. The Morgan fingerprint density at radius 1 is 1.56 bits per heavy atom. The monoisotopic (exact) mass is 260 g/mol. The summed E-state index contributed by atoms with van der Waals surface area (Å²) in [5, 5.41) is 4.07. The van der Waals surface area contributed by atoms with Crippen LogP contribution >= 0.6 is 11.6 Å². The molecule has 1 aromatic heterocycles. The molecule has 1 aromatic carbocycles. The van der Waals surface area contributed by atoms with Crippen LogP contribution in [0.25, 0.3) is 10.9 Å². The number of pyridine rings is 1. The third-order valence-corrected chi connectivity index (χ3v) is 2.87. The second-order valence-electron chi connectivity index (χ2n) is 3.95. The van der Waals surface area contributed by atoms with E-state index in [1.165, 1.54) is 0 Å². The first-order valence-corrected chi connectivity index (χ1v) is 5.96. The maximum absolute atomic E-state index is 12.1. The predicted molar refractivity (Wildman–Crippen MR) is 74.0 cm³/mol. The van der Waals surface area contributed by atoms with Crippen LogP contribution in [0.2, 0.25) is 5.02 Å². The van der Waals surface area contributed by atoms with Crippen molar-refractivity contribution in [3.8, 4) is 0 Å². The van der Waals surface area contributed by atoms with E-state index in [-0.39, 0.29) is 5.91 Å². The summed E-state index contributed by atoms with van der Waals surface area (Å²) in [5.41, 5.74) is 2.00. The van der Waals surface area contributed by atoms with Crippen LogP contribution in [0.15, 0.2) is 36.9 Å². The number of fused-ring (bicyclic) bond motifs is 1. The Labute approximate surface area is 110 Å². The summed E-state index contributed by atoms with van der Waals surface area (Å²) >= 11 is 6.10. The van der Waals surface area contributed by atoms with E-state index in [1.54, 1.807) is 18.2 Å². The molecule has 0 atom stereocenters. The number of aryl methyl sites for hydroxylation is 1. The summed E-state index contributed by atoms with van der Waals surface area (Å²) in [6, 6.07) is 7.18. The van der Waals surface area contributed by atoms with E-state index >= 15 is 0 Å². The highest BCUT2D eigenvalue weighted by Gasteiger charge is 2.12. The van der Waals surface area contributed by atoms with Gasteiger partial charge in [0, 0.05) is 17.6 Å². The van der Waals surface area contributed by atoms with Crippen molar-refractivity contribution in [2.75, 3.05) is 6.54 Å². The van der Waals surface area contributed by atoms with Gasteiger partial charge >= 0.3 is 0 Å². The molecular formula is C14H13ClN2O. The number of carbonyl (C=O) groups is 1. The minimum absolute atomic E-state index is 0.146. The Morgan fingerprint density at radius 3 is 3.06 bits per heavy atom. The van der Waals surface area contributed by atoms with Gasteiger partial charge in [-0.3, -0.25) is 9.78 Å². The number of hydrogen-bond acceptors (Lipinski definition) is 2. The first-order valence-electron chi connectivity index (χ1n) is 5.58. The lowest BCUT2D eigenvalue weighted by Crippen LogP contribution is -2.23. The average molecular weight is 261 g/mol. The van der Waals surface area contributed by atoms with Crippen LogP contribution in [0.3, 0.4) is 0 Å². The summed E-state index contributed by atoms with van der Waals surface area (Å²) in [6.07, 6.45) is 1.64. The van der Waals surface area contributed by atoms with Crippen molar-refractivity contribution in [2.24, 2.45) is 0 Å². The second-order valence-corrected chi connectivity index (χ2v) is 4.35. The Hall–Kier alpha value is -1.87. The largest absolute Gasteiger partial charge is 0.349 e. The molecule has 1 N–H and O–H groups in total. The molecule has 18 heavy (non-hydrogen) atoms. The molecule has 0 spiro atoms. The highest BCUT2D eigenvalue weighted by Crippen LogP contribution is 2.25. The van der Waals surface area contributed by atoms with Crippen molar-refractivity contribution in [1.82, 2.24) is 10.3 Å². The van der Waals surface area contributed by atoms with Gasteiger partial charge in [-0.25, -0.2) is 0 Å². The van der Waals surface area contributed by atoms with Crippen molar-refractivity contribution in [3.63, 3.8) is 0 Å². The number of halogens is 1. The molecule has 92 valence electrons. The Bertz CT molecular complexity index is 622. The number of aromatic nitrogens is 1. The zero-order chi connectivity index (χ0) is 13.1. The zero-order valence-corrected chi connectivity index (χ0v) is 10.8. The Morgan fingerprint density at radius 2 is 2.33 bits per heavy atom. The molecule has 2 aromatic rings. The maximum Gasteiger partial charge on any atom is 0.252 e. The van der Waals surface area contributed by atoms with Crippen LogP contribution in [0.5, 0.6) is 0 Å². The van der Waals surface area contributed by atoms with Gasteiger partial charge in [0.2, 0.25) is 0 Å². The number of rotatable bonds is 3. The van der Waals surface area contributed by atoms with Gasteiger partial charge < -0.3 is 5.32 Å². The third kappa shape index (κ3) is 2.36. The lowest BCUT2D eigenvalue weighted by Gasteiger charge is -2.08. The summed E-state index contributed by atoms with van der Waals surface area (Å²) in [6.45, 7) is 5.85. The molecule has 3 nitrogen and oxygen atoms in total. The van der Waals surface area contributed by atoms with Gasteiger partial charge in [-0.05, 0) is 19.1 Å². The molecular weight excluding hydrogens is 248 g/mol. The molecule has 0 bridgehead atoms. The van der Waals surface area contributed by atoms with Gasteiger partial charge in [-0.2, -0.15) is 0 Å². The number of amides is 1. The average Bonchev–Trinajstić information content (AvgIpc) is 2.36. The summed E-state index contributed by atoms with van der Waals surface area (Å²) in [5.74, 6) is -0.146. The van der Waals surface area contributed by atoms with E-state index in [9.17, 15) is 4.79 Å². The number of carbonyl (C=O) groups excluding carboxylic acids is 1. The molecule has 1 heterocycles. The number of nitrogens with zero attached hydrogens (tertiary/aromatic N) is 1. The zero-order valence-electron chi connectivity index (χ0n) is 10.0. The molecule has 0 saturated heterocycles.